The van der Waals surface area contributed by atoms with E-state index in [1.807, 2.05) is 0 Å². The molecule has 0 spiro atoms. The Morgan fingerprint density at radius 3 is 2.60 bits per heavy atom. The number of rotatable bonds is 5. The van der Waals surface area contributed by atoms with Crippen molar-refractivity contribution < 1.29 is 23.8 Å². The molecular formula is C19H18FNO4. The zero-order valence-corrected chi connectivity index (χ0v) is 13.4. The number of carboxylic acid groups (broad SMARTS) is 1. The van der Waals surface area contributed by atoms with E-state index in [9.17, 15) is 14.0 Å². The second-order valence-corrected chi connectivity index (χ2v) is 5.99. The molecular weight excluding hydrogens is 325 g/mol. The van der Waals surface area contributed by atoms with Gasteiger partial charge >= 0.3 is 5.97 Å². The van der Waals surface area contributed by atoms with Crippen LogP contribution in [-0.2, 0) is 4.74 Å². The van der Waals surface area contributed by atoms with Crippen molar-refractivity contribution in [1.29, 1.82) is 0 Å². The maximum absolute atomic E-state index is 13.1. The number of hydrogen-bond donors (Lipinski definition) is 2. The molecule has 2 N–H and O–H groups in total. The van der Waals surface area contributed by atoms with E-state index in [0.717, 1.165) is 12.0 Å². The highest BCUT2D eigenvalue weighted by molar-refractivity contribution is 5.97. The first kappa shape index (κ1) is 17.1. The van der Waals surface area contributed by atoms with Crippen molar-refractivity contribution in [2.24, 2.45) is 5.92 Å². The van der Waals surface area contributed by atoms with Crippen LogP contribution in [-0.4, -0.2) is 30.1 Å². The molecule has 0 aromatic heterocycles. The molecule has 1 amide bonds. The second kappa shape index (κ2) is 7.44. The Morgan fingerprint density at radius 2 is 1.88 bits per heavy atom. The number of benzene rings is 2. The standard InChI is InChI=1S/C19H18FNO4/c20-16-6-4-12(5-7-16)17-15(8-9-25-17)11-21-18(22)13-2-1-3-14(10-13)19(23)24/h1-7,10,15,17H,8-9,11H2,(H,21,22)(H,23,24)/t15-,17-/m0/s1. The quantitative estimate of drug-likeness (QED) is 0.875. The Morgan fingerprint density at radius 1 is 1.16 bits per heavy atom. The first-order chi connectivity index (χ1) is 12.0. The summed E-state index contributed by atoms with van der Waals surface area (Å²) in [5.41, 5.74) is 1.25. The minimum atomic E-state index is -1.07. The molecule has 0 saturated carbocycles. The third kappa shape index (κ3) is 4.03. The third-order valence-electron chi connectivity index (χ3n) is 4.31. The van der Waals surface area contributed by atoms with Crippen molar-refractivity contribution in [3.8, 4) is 0 Å². The van der Waals surface area contributed by atoms with E-state index in [0.29, 0.717) is 18.7 Å². The van der Waals surface area contributed by atoms with Crippen LogP contribution in [0.3, 0.4) is 0 Å². The molecule has 25 heavy (non-hydrogen) atoms. The van der Waals surface area contributed by atoms with Crippen molar-refractivity contribution in [2.45, 2.75) is 12.5 Å². The highest BCUT2D eigenvalue weighted by Gasteiger charge is 2.30. The average Bonchev–Trinajstić information content (AvgIpc) is 3.09. The van der Waals surface area contributed by atoms with Gasteiger partial charge in [-0.1, -0.05) is 18.2 Å². The number of nitrogens with one attached hydrogen (secondary N) is 1. The number of hydrogen-bond acceptors (Lipinski definition) is 3. The molecule has 6 heteroatoms. The minimum absolute atomic E-state index is 0.0704. The molecule has 2 aromatic rings. The fraction of sp³-hybridized carbons (Fsp3) is 0.263. The maximum Gasteiger partial charge on any atom is 0.335 e. The molecule has 1 aliphatic rings. The predicted octanol–water partition coefficient (Wildman–Crippen LogP) is 3.03. The first-order valence-electron chi connectivity index (χ1n) is 8.03. The lowest BCUT2D eigenvalue weighted by Crippen LogP contribution is -2.30. The lowest BCUT2D eigenvalue weighted by atomic mass is 9.95. The van der Waals surface area contributed by atoms with Crippen molar-refractivity contribution in [3.63, 3.8) is 0 Å². The van der Waals surface area contributed by atoms with Crippen LogP contribution in [0.15, 0.2) is 48.5 Å². The van der Waals surface area contributed by atoms with Crippen LogP contribution in [0, 0.1) is 11.7 Å². The summed E-state index contributed by atoms with van der Waals surface area (Å²) in [6, 6.07) is 12.1. The van der Waals surface area contributed by atoms with Crippen LogP contribution in [0.5, 0.6) is 0 Å². The smallest absolute Gasteiger partial charge is 0.335 e. The van der Waals surface area contributed by atoms with Crippen LogP contribution in [0.1, 0.15) is 38.8 Å². The van der Waals surface area contributed by atoms with Crippen molar-refractivity contribution in [1.82, 2.24) is 5.32 Å². The molecule has 1 aliphatic heterocycles. The molecule has 2 atom stereocenters. The van der Waals surface area contributed by atoms with Gasteiger partial charge in [0.1, 0.15) is 5.82 Å². The zero-order chi connectivity index (χ0) is 17.8. The van der Waals surface area contributed by atoms with Gasteiger partial charge < -0.3 is 15.2 Å². The molecule has 130 valence electrons. The largest absolute Gasteiger partial charge is 0.478 e. The van der Waals surface area contributed by atoms with E-state index in [4.69, 9.17) is 9.84 Å². The van der Waals surface area contributed by atoms with Crippen LogP contribution in [0.4, 0.5) is 4.39 Å². The van der Waals surface area contributed by atoms with E-state index in [2.05, 4.69) is 5.32 Å². The summed E-state index contributed by atoms with van der Waals surface area (Å²) >= 11 is 0. The lowest BCUT2D eigenvalue weighted by molar-refractivity contribution is 0.0697. The topological polar surface area (TPSA) is 75.6 Å². The van der Waals surface area contributed by atoms with Crippen molar-refractivity contribution in [3.05, 3.63) is 71.0 Å². The Balaban J connectivity index is 1.64. The number of ether oxygens (including phenoxy) is 1. The van der Waals surface area contributed by atoms with E-state index < -0.39 is 5.97 Å². The molecule has 5 nitrogen and oxygen atoms in total. The van der Waals surface area contributed by atoms with Crippen molar-refractivity contribution in [2.75, 3.05) is 13.2 Å². The van der Waals surface area contributed by atoms with Gasteiger partial charge in [-0.3, -0.25) is 4.79 Å². The lowest BCUT2D eigenvalue weighted by Gasteiger charge is -2.19. The summed E-state index contributed by atoms with van der Waals surface area (Å²) < 4.78 is 18.8. The molecule has 3 rings (SSSR count). The van der Waals surface area contributed by atoms with E-state index >= 15 is 0 Å². The van der Waals surface area contributed by atoms with E-state index in [-0.39, 0.29) is 29.3 Å². The molecule has 0 aliphatic carbocycles. The maximum atomic E-state index is 13.1. The minimum Gasteiger partial charge on any atom is -0.478 e. The summed E-state index contributed by atoms with van der Waals surface area (Å²) in [5.74, 6) is -1.62. The fourth-order valence-electron chi connectivity index (χ4n) is 2.98. The predicted molar refractivity (Wildman–Crippen MR) is 88.9 cm³/mol. The Labute approximate surface area is 144 Å². The Kier molecular flexibility index (Phi) is 5.09. The highest BCUT2D eigenvalue weighted by atomic mass is 19.1. The van der Waals surface area contributed by atoms with Gasteiger partial charge in [-0.2, -0.15) is 0 Å². The summed E-state index contributed by atoms with van der Waals surface area (Å²) in [6.07, 6.45) is 0.601. The first-order valence-corrected chi connectivity index (χ1v) is 8.03. The van der Waals surface area contributed by atoms with Crippen LogP contribution >= 0.6 is 0 Å². The van der Waals surface area contributed by atoms with Gasteiger partial charge in [-0.05, 0) is 42.3 Å². The van der Waals surface area contributed by atoms with Crippen LogP contribution in [0.25, 0.3) is 0 Å². The summed E-state index contributed by atoms with van der Waals surface area (Å²) in [7, 11) is 0. The molecule has 2 aromatic carbocycles. The van der Waals surface area contributed by atoms with Gasteiger partial charge in [-0.25, -0.2) is 9.18 Å². The van der Waals surface area contributed by atoms with Crippen LogP contribution < -0.4 is 5.32 Å². The number of carbonyl (C=O) groups is 2. The Hall–Kier alpha value is -2.73. The normalized spacial score (nSPS) is 19.6. The zero-order valence-electron chi connectivity index (χ0n) is 13.4. The summed E-state index contributed by atoms with van der Waals surface area (Å²) in [6.45, 7) is 0.981. The van der Waals surface area contributed by atoms with Gasteiger partial charge in [0.05, 0.1) is 11.7 Å². The molecule has 0 unspecified atom stereocenters. The van der Waals surface area contributed by atoms with Crippen molar-refractivity contribution >= 4 is 11.9 Å². The Bertz CT molecular complexity index is 775. The molecule has 0 radical (unpaired) electrons. The molecule has 1 saturated heterocycles. The summed E-state index contributed by atoms with van der Waals surface area (Å²) in [5, 5.41) is 11.8. The highest BCUT2D eigenvalue weighted by Crippen LogP contribution is 2.34. The fourth-order valence-corrected chi connectivity index (χ4v) is 2.98. The number of carboxylic acids is 1. The van der Waals surface area contributed by atoms with Gasteiger partial charge in [0, 0.05) is 24.6 Å². The molecule has 1 fully saturated rings. The van der Waals surface area contributed by atoms with Gasteiger partial charge in [0.2, 0.25) is 0 Å². The number of carbonyl (C=O) groups excluding carboxylic acids is 1. The van der Waals surface area contributed by atoms with E-state index in [1.165, 1.54) is 24.3 Å². The second-order valence-electron chi connectivity index (χ2n) is 5.99. The van der Waals surface area contributed by atoms with Gasteiger partial charge in [-0.15, -0.1) is 0 Å². The molecule has 1 heterocycles. The third-order valence-corrected chi connectivity index (χ3v) is 4.31. The van der Waals surface area contributed by atoms with Gasteiger partial charge in [0.25, 0.3) is 5.91 Å². The number of amides is 1. The SMILES string of the molecule is O=C(O)c1cccc(C(=O)NC[C@@H]2CCO[C@H]2c2ccc(F)cc2)c1. The monoisotopic (exact) mass is 343 g/mol. The van der Waals surface area contributed by atoms with Crippen LogP contribution in [0.2, 0.25) is 0 Å². The number of halogens is 1. The number of aromatic carboxylic acids is 1. The van der Waals surface area contributed by atoms with E-state index in [1.54, 1.807) is 24.3 Å². The summed E-state index contributed by atoms with van der Waals surface area (Å²) in [4.78, 5) is 23.3. The average molecular weight is 343 g/mol. The molecule has 0 bridgehead atoms. The van der Waals surface area contributed by atoms with Gasteiger partial charge in [0.15, 0.2) is 0 Å².